The average Bonchev–Trinajstić information content (AvgIpc) is 2.62. The van der Waals surface area contributed by atoms with Gasteiger partial charge in [0.05, 0.1) is 0 Å². The van der Waals surface area contributed by atoms with Crippen LogP contribution in [0.3, 0.4) is 0 Å². The standard InChI is InChI=1S/C20H30GeN2Si2/c1-15-11-9-13-17-19(15)20-16(2)12-10-14-18(20)23(25(6,7)8)21-22(17)24(3,4)5/h9-14H,1-8H3. The molecule has 0 atom stereocenters. The monoisotopic (exact) mass is 428 g/mol. The van der Waals surface area contributed by atoms with E-state index in [1.165, 1.54) is 33.6 Å². The van der Waals surface area contributed by atoms with Gasteiger partial charge in [-0.2, -0.15) is 0 Å². The maximum absolute atomic E-state index is 2.85. The van der Waals surface area contributed by atoms with Crippen molar-refractivity contribution in [2.75, 3.05) is 7.05 Å². The second-order valence-electron chi connectivity index (χ2n) is 9.05. The van der Waals surface area contributed by atoms with Crippen LogP contribution in [0.25, 0.3) is 11.1 Å². The summed E-state index contributed by atoms with van der Waals surface area (Å²) in [5.74, 6) is 0. The van der Waals surface area contributed by atoms with Gasteiger partial charge < -0.3 is 0 Å². The summed E-state index contributed by atoms with van der Waals surface area (Å²) in [6.07, 6.45) is 0. The molecule has 1 aliphatic heterocycles. The fourth-order valence-electron chi connectivity index (χ4n) is 3.56. The van der Waals surface area contributed by atoms with Gasteiger partial charge in [-0.05, 0) is 0 Å². The Morgan fingerprint density at radius 1 is 0.640 bits per heavy atom. The number of nitrogens with zero attached hydrogens (tertiary/aromatic N) is 2. The molecule has 0 aliphatic carbocycles. The third-order valence-corrected chi connectivity index (χ3v) is 19.3. The molecule has 2 aromatic carbocycles. The number of anilines is 2. The van der Waals surface area contributed by atoms with Gasteiger partial charge >= 0.3 is 163 Å². The van der Waals surface area contributed by atoms with Crippen LogP contribution in [0, 0.1) is 13.8 Å². The van der Waals surface area contributed by atoms with E-state index in [2.05, 4.69) is 96.6 Å². The van der Waals surface area contributed by atoms with Gasteiger partial charge in [0, 0.05) is 0 Å². The van der Waals surface area contributed by atoms with Crippen LogP contribution >= 0.6 is 0 Å². The van der Waals surface area contributed by atoms with Crippen molar-refractivity contribution in [3.8, 4) is 11.1 Å². The molecule has 0 saturated heterocycles. The van der Waals surface area contributed by atoms with Crippen molar-refractivity contribution >= 4 is 43.7 Å². The fourth-order valence-corrected chi connectivity index (χ4v) is 13.0. The van der Waals surface area contributed by atoms with Gasteiger partial charge in [0.25, 0.3) is 0 Å². The summed E-state index contributed by atoms with van der Waals surface area (Å²) in [6, 6.07) is 13.8. The van der Waals surface area contributed by atoms with Crippen LogP contribution in [0.1, 0.15) is 11.1 Å². The molecule has 0 saturated carbocycles. The first-order chi connectivity index (χ1) is 11.5. The van der Waals surface area contributed by atoms with E-state index in [1.807, 2.05) is 0 Å². The topological polar surface area (TPSA) is 6.48 Å². The zero-order valence-electron chi connectivity index (χ0n) is 16.9. The van der Waals surface area contributed by atoms with Gasteiger partial charge in [-0.3, -0.25) is 0 Å². The number of hydrogen-bond donors (Lipinski definition) is 0. The number of rotatable bonds is 2. The van der Waals surface area contributed by atoms with Crippen molar-refractivity contribution in [1.82, 2.24) is 0 Å². The van der Waals surface area contributed by atoms with Gasteiger partial charge in [-0.1, -0.05) is 0 Å². The van der Waals surface area contributed by atoms with E-state index in [0.29, 0.717) is 0 Å². The van der Waals surface area contributed by atoms with Crippen molar-refractivity contribution in [2.24, 2.45) is 0 Å². The van der Waals surface area contributed by atoms with Crippen molar-refractivity contribution in [2.45, 2.75) is 53.1 Å². The third-order valence-electron chi connectivity index (χ3n) is 4.78. The molecule has 132 valence electrons. The predicted molar refractivity (Wildman–Crippen MR) is 119 cm³/mol. The molecular formula is C20H30GeN2Si2. The van der Waals surface area contributed by atoms with E-state index in [4.69, 9.17) is 0 Å². The summed E-state index contributed by atoms with van der Waals surface area (Å²) < 4.78 is 5.71. The Morgan fingerprint density at radius 2 is 1.00 bits per heavy atom. The van der Waals surface area contributed by atoms with Gasteiger partial charge in [0.1, 0.15) is 0 Å². The van der Waals surface area contributed by atoms with E-state index in [1.54, 1.807) is 0 Å². The Labute approximate surface area is 162 Å². The number of fused-ring (bicyclic) bond motifs is 3. The molecule has 2 radical (unpaired) electrons. The Morgan fingerprint density at radius 3 is 1.32 bits per heavy atom. The first-order valence-electron chi connectivity index (χ1n) is 9.08. The van der Waals surface area contributed by atoms with E-state index in [-0.39, 0.29) is 0 Å². The summed E-state index contributed by atoms with van der Waals surface area (Å²) in [7, 11) is -2.94. The zero-order valence-corrected chi connectivity index (χ0v) is 21.0. The van der Waals surface area contributed by atoms with Crippen LogP contribution in [-0.2, 0) is 0 Å². The minimum atomic E-state index is -1.47. The molecule has 0 N–H and O–H groups in total. The quantitative estimate of drug-likeness (QED) is 0.559. The molecule has 5 heteroatoms. The average molecular weight is 427 g/mol. The van der Waals surface area contributed by atoms with E-state index in [0.717, 1.165) is 0 Å². The molecule has 0 amide bonds. The van der Waals surface area contributed by atoms with Gasteiger partial charge in [0.15, 0.2) is 0 Å². The third kappa shape index (κ3) is 3.36. The molecule has 2 aromatic rings. The Balaban J connectivity index is 2.41. The molecule has 0 aromatic heterocycles. The van der Waals surface area contributed by atoms with Crippen LogP contribution in [0.2, 0.25) is 39.3 Å². The molecule has 0 unspecified atom stereocenters. The molecule has 1 aliphatic rings. The molecular weight excluding hydrogens is 397 g/mol. The Hall–Kier alpha value is -0.983. The Kier molecular flexibility index (Phi) is 4.75. The number of aryl methyl sites for hydroxylation is 2. The number of benzene rings is 2. The van der Waals surface area contributed by atoms with E-state index >= 15 is 0 Å². The van der Waals surface area contributed by atoms with E-state index in [9.17, 15) is 0 Å². The minimum absolute atomic E-state index is 0.408. The van der Waals surface area contributed by atoms with Crippen LogP contribution in [0.5, 0.6) is 0 Å². The number of hydrogen-bond acceptors (Lipinski definition) is 2. The molecule has 1 heterocycles. The summed E-state index contributed by atoms with van der Waals surface area (Å²) in [6.45, 7) is 19.5. The predicted octanol–water partition coefficient (Wildman–Crippen LogP) is 5.80. The molecule has 0 bridgehead atoms. The van der Waals surface area contributed by atoms with Gasteiger partial charge in [0.2, 0.25) is 0 Å². The molecule has 25 heavy (non-hydrogen) atoms. The van der Waals surface area contributed by atoms with Crippen LogP contribution in [0.15, 0.2) is 36.4 Å². The van der Waals surface area contributed by atoms with Crippen LogP contribution in [0.4, 0.5) is 11.4 Å². The first kappa shape index (κ1) is 18.8. The fraction of sp³-hybridized carbons (Fsp3) is 0.400. The normalized spacial score (nSPS) is 14.9. The van der Waals surface area contributed by atoms with Crippen molar-refractivity contribution in [1.29, 1.82) is 0 Å². The second-order valence-corrected chi connectivity index (χ2v) is 22.8. The maximum atomic E-state index is 2.85. The van der Waals surface area contributed by atoms with Crippen molar-refractivity contribution in [3.05, 3.63) is 47.5 Å². The SMILES string of the molecule is Cc1cccc2c1-c1c(C)cccc1[N]([Si](C)(C)C)[Ge][N]2[Si](C)(C)C. The summed E-state index contributed by atoms with van der Waals surface area (Å²) in [5, 5.41) is 0. The van der Waals surface area contributed by atoms with Gasteiger partial charge in [-0.25, -0.2) is 0 Å². The van der Waals surface area contributed by atoms with E-state index < -0.39 is 32.3 Å². The van der Waals surface area contributed by atoms with Crippen LogP contribution < -0.4 is 7.05 Å². The van der Waals surface area contributed by atoms with Gasteiger partial charge in [-0.15, -0.1) is 0 Å². The molecule has 2 nitrogen and oxygen atoms in total. The van der Waals surface area contributed by atoms with Crippen LogP contribution in [-0.4, -0.2) is 32.3 Å². The molecule has 0 fully saturated rings. The zero-order chi connectivity index (χ0) is 18.6. The summed E-state index contributed by atoms with van der Waals surface area (Å²) >= 11 is -0.408. The Bertz CT molecular complexity index is 739. The van der Waals surface area contributed by atoms with Crippen molar-refractivity contribution in [3.63, 3.8) is 0 Å². The molecule has 3 rings (SSSR count). The molecule has 0 spiro atoms. The van der Waals surface area contributed by atoms with Crippen molar-refractivity contribution < 1.29 is 0 Å². The first-order valence-corrected chi connectivity index (χ1v) is 17.9. The summed E-state index contributed by atoms with van der Waals surface area (Å²) in [4.78, 5) is 0. The summed E-state index contributed by atoms with van der Waals surface area (Å²) in [5.41, 5.74) is 8.72. The second kappa shape index (κ2) is 6.32.